The van der Waals surface area contributed by atoms with E-state index >= 15 is 0 Å². The molecule has 0 aliphatic carbocycles. The van der Waals surface area contributed by atoms with Gasteiger partial charge in [0, 0.05) is 42.5 Å². The minimum atomic E-state index is -1.64. The molecule has 2 aromatic rings. The van der Waals surface area contributed by atoms with Gasteiger partial charge in [-0.3, -0.25) is 43.3 Å². The third kappa shape index (κ3) is 19.3. The van der Waals surface area contributed by atoms with Crippen molar-refractivity contribution < 1.29 is 58.1 Å². The minimum Gasteiger partial charge on any atom is -0.444 e. The van der Waals surface area contributed by atoms with Gasteiger partial charge in [-0.2, -0.15) is 0 Å². The number of carbonyl (C=O) groups excluding carboxylic acids is 9. The monoisotopic (exact) mass is 1180 g/mol. The maximum absolute atomic E-state index is 13.5. The SMILES string of the molecule is CCCC(NC(=O)[C@@H]1CC2(CN1)SCCS2)C(O)C(=O)NCC(=O)N[C@H](C(C)=O)c1ccccc1.CCCC(NC(=O)[C@@H]1CC2(CN1C(=O)OC(C)(C)C)SCCS2)C(O)C(=O)NCC(=O)N[C@H](C(C)=O)c1ccccc1.Cl. The average Bonchev–Trinajstić information content (AvgIpc) is 4.24. The van der Waals surface area contributed by atoms with Crippen molar-refractivity contribution in [3.8, 4) is 0 Å². The van der Waals surface area contributed by atoms with Gasteiger partial charge in [-0.05, 0) is 65.0 Å². The highest BCUT2D eigenvalue weighted by Gasteiger charge is 2.53. The number of halogens is 1. The van der Waals surface area contributed by atoms with Gasteiger partial charge in [-0.25, -0.2) is 4.79 Å². The standard InChI is InChI=1S/C29H42N4O7S2.C24H34N4O5S2.ClH/c1-6-10-20(24(36)26(38)30-16-22(35)32-23(18(2)34)19-11-8-7-9-12-19)31-25(37)21-15-29(41-13-14-42-29)17-33(21)27(39)40-28(3,4)5;1-3-7-17(27-22(32)18-12-24(14-26-18)34-10-11-35-24)21(31)23(33)25-13-19(30)28-20(15(2)29)16-8-5-4-6-9-16;/h7-9,11-12,20-21,23-24,36H,6,10,13-17H2,1-5H3,(H,30,38)(H,31,37)(H,32,35);4-6,8-9,17-18,20-21,26,31H,3,7,10-14H2,1-2H3,(H,25,33)(H,27,32)(H,28,30);1H/t20?,21-,23+,24?;17?,18-,20+,21?;/m00./s1. The molecule has 4 aliphatic heterocycles. The Kier molecular flexibility index (Phi) is 26.1. The van der Waals surface area contributed by atoms with Crippen LogP contribution in [-0.4, -0.2) is 168 Å². The van der Waals surface area contributed by atoms with Crippen molar-refractivity contribution in [3.63, 3.8) is 0 Å². The zero-order chi connectivity index (χ0) is 56.5. The van der Waals surface area contributed by atoms with E-state index in [1.54, 1.807) is 98.9 Å². The molecular formula is C53H77ClN8O12S4. The lowest BCUT2D eigenvalue weighted by molar-refractivity contribution is -0.135. The number of Topliss-reactive ketones (excluding diaryl/α,β-unsaturated/α-hetero) is 2. The third-order valence-corrected chi connectivity index (χ3v) is 19.9. The number of hydrogen-bond donors (Lipinski definition) is 9. The zero-order valence-corrected chi connectivity index (χ0v) is 49.3. The third-order valence-electron chi connectivity index (χ3n) is 13.0. The highest BCUT2D eigenvalue weighted by atomic mass is 35.5. The maximum Gasteiger partial charge on any atom is 0.411 e. The number of rotatable bonds is 22. The molecule has 8 atom stereocenters. The average molecular weight is 1180 g/mol. The molecule has 4 heterocycles. The zero-order valence-electron chi connectivity index (χ0n) is 45.3. The van der Waals surface area contributed by atoms with Crippen molar-refractivity contribution in [1.29, 1.82) is 0 Å². The number of aliphatic hydroxyl groups is 2. The molecule has 0 saturated carbocycles. The van der Waals surface area contributed by atoms with E-state index in [4.69, 9.17) is 4.74 Å². The Labute approximate surface area is 480 Å². The van der Waals surface area contributed by atoms with Gasteiger partial charge >= 0.3 is 6.09 Å². The first kappa shape index (κ1) is 66.0. The summed E-state index contributed by atoms with van der Waals surface area (Å²) in [5, 5.41) is 40.4. The van der Waals surface area contributed by atoms with E-state index in [1.165, 1.54) is 18.7 Å². The van der Waals surface area contributed by atoms with Gasteiger partial charge in [0.1, 0.15) is 23.7 Å². The summed E-state index contributed by atoms with van der Waals surface area (Å²) in [6.07, 6.45) is -0.681. The molecule has 4 saturated heterocycles. The number of thioether (sulfide) groups is 4. The highest BCUT2D eigenvalue weighted by molar-refractivity contribution is 8.21. The Morgan fingerprint density at radius 2 is 1.08 bits per heavy atom. The summed E-state index contributed by atoms with van der Waals surface area (Å²) in [5.74, 6) is 0.0279. The number of likely N-dealkylation sites (tertiary alicyclic amines) is 1. The summed E-state index contributed by atoms with van der Waals surface area (Å²) in [6.45, 7) is 12.0. The first-order chi connectivity index (χ1) is 36.5. The van der Waals surface area contributed by atoms with Gasteiger partial charge in [0.2, 0.25) is 23.6 Å². The van der Waals surface area contributed by atoms with Crippen molar-refractivity contribution in [3.05, 3.63) is 71.8 Å². The van der Waals surface area contributed by atoms with Crippen molar-refractivity contribution in [2.75, 3.05) is 49.2 Å². The fourth-order valence-corrected chi connectivity index (χ4v) is 15.6. The van der Waals surface area contributed by atoms with Crippen molar-refractivity contribution in [2.45, 2.75) is 149 Å². The van der Waals surface area contributed by atoms with E-state index in [2.05, 4.69) is 37.2 Å². The molecule has 432 valence electrons. The molecule has 2 aromatic carbocycles. The second kappa shape index (κ2) is 30.9. The van der Waals surface area contributed by atoms with Gasteiger partial charge in [0.15, 0.2) is 23.8 Å². The number of nitrogens with one attached hydrogen (secondary N) is 7. The quantitative estimate of drug-likeness (QED) is 0.0815. The Morgan fingerprint density at radius 1 is 0.654 bits per heavy atom. The molecule has 6 rings (SSSR count). The van der Waals surface area contributed by atoms with Crippen LogP contribution in [0.4, 0.5) is 4.79 Å². The van der Waals surface area contributed by atoms with Crippen LogP contribution in [0.15, 0.2) is 60.7 Å². The lowest BCUT2D eigenvalue weighted by Gasteiger charge is -2.30. The topological polar surface area (TPSA) is 291 Å². The molecule has 0 aromatic heterocycles. The second-order valence-corrected chi connectivity index (χ2v) is 26.8. The van der Waals surface area contributed by atoms with E-state index in [0.29, 0.717) is 56.2 Å². The molecule has 25 heteroatoms. The fourth-order valence-electron chi connectivity index (χ4n) is 9.19. The molecule has 78 heavy (non-hydrogen) atoms. The van der Waals surface area contributed by atoms with Crippen molar-refractivity contribution >= 4 is 113 Å². The minimum absolute atomic E-state index is 0. The molecule has 4 aliphatic rings. The molecule has 9 N–H and O–H groups in total. The second-order valence-electron chi connectivity index (χ2n) is 20.4. The number of nitrogens with zero attached hydrogens (tertiary/aromatic N) is 1. The van der Waals surface area contributed by atoms with Crippen LogP contribution in [0.25, 0.3) is 0 Å². The predicted molar refractivity (Wildman–Crippen MR) is 308 cm³/mol. The smallest absolute Gasteiger partial charge is 0.411 e. The van der Waals surface area contributed by atoms with Gasteiger partial charge in [-0.1, -0.05) is 87.4 Å². The number of ether oxygens (including phenoxy) is 1. The summed E-state index contributed by atoms with van der Waals surface area (Å²) in [4.78, 5) is 115. The van der Waals surface area contributed by atoms with Gasteiger partial charge in [0.25, 0.3) is 11.8 Å². The van der Waals surface area contributed by atoms with E-state index in [1.807, 2.05) is 43.4 Å². The number of amides is 7. The summed E-state index contributed by atoms with van der Waals surface area (Å²) in [7, 11) is 0. The normalized spacial score (nSPS) is 20.2. The van der Waals surface area contributed by atoms with Crippen molar-refractivity contribution in [1.82, 2.24) is 42.1 Å². The predicted octanol–water partition coefficient (Wildman–Crippen LogP) is 3.54. The van der Waals surface area contributed by atoms with Crippen LogP contribution < -0.4 is 37.2 Å². The van der Waals surface area contributed by atoms with Crippen LogP contribution in [0.5, 0.6) is 0 Å². The highest BCUT2D eigenvalue weighted by Crippen LogP contribution is 2.52. The number of hydrogen-bond acceptors (Lipinski definition) is 17. The largest absolute Gasteiger partial charge is 0.444 e. The Hall–Kier alpha value is -4.56. The Bertz CT molecular complexity index is 2380. The number of aliphatic hydroxyl groups excluding tert-OH is 2. The summed E-state index contributed by atoms with van der Waals surface area (Å²) in [6, 6.07) is 12.9. The molecule has 20 nitrogen and oxygen atoms in total. The number of carbonyl (C=O) groups is 9. The van der Waals surface area contributed by atoms with E-state index in [-0.39, 0.29) is 44.1 Å². The van der Waals surface area contributed by atoms with Crippen LogP contribution >= 0.6 is 59.5 Å². The lowest BCUT2D eigenvalue weighted by atomic mass is 10.0. The molecule has 4 fully saturated rings. The molecular weight excluding hydrogens is 1100 g/mol. The van der Waals surface area contributed by atoms with Crippen molar-refractivity contribution in [2.24, 2.45) is 0 Å². The number of ketones is 2. The van der Waals surface area contributed by atoms with Crippen LogP contribution in [0.2, 0.25) is 0 Å². The maximum atomic E-state index is 13.5. The molecule has 7 amide bonds. The van der Waals surface area contributed by atoms with E-state index in [0.717, 1.165) is 29.6 Å². The van der Waals surface area contributed by atoms with Gasteiger partial charge in [-0.15, -0.1) is 59.5 Å². The van der Waals surface area contributed by atoms with Gasteiger partial charge < -0.3 is 52.2 Å². The first-order valence-electron chi connectivity index (χ1n) is 26.0. The molecule has 4 unspecified atom stereocenters. The summed E-state index contributed by atoms with van der Waals surface area (Å²) in [5.41, 5.74) is 0.516. The summed E-state index contributed by atoms with van der Waals surface area (Å²) < 4.78 is 5.31. The summed E-state index contributed by atoms with van der Waals surface area (Å²) >= 11 is 7.21. The van der Waals surface area contributed by atoms with E-state index < -0.39 is 96.7 Å². The van der Waals surface area contributed by atoms with E-state index in [9.17, 15) is 53.4 Å². The Balaban J connectivity index is 0.000000337. The molecule has 0 bridgehead atoms. The lowest BCUT2D eigenvalue weighted by Crippen LogP contribution is -2.56. The van der Waals surface area contributed by atoms with Crippen LogP contribution in [0.3, 0.4) is 0 Å². The van der Waals surface area contributed by atoms with Crippen LogP contribution in [-0.2, 0) is 43.1 Å². The molecule has 0 radical (unpaired) electrons. The van der Waals surface area contributed by atoms with Gasteiger partial charge in [0.05, 0.1) is 39.4 Å². The Morgan fingerprint density at radius 3 is 1.49 bits per heavy atom. The fraction of sp³-hybridized carbons (Fsp3) is 0.604. The van der Waals surface area contributed by atoms with Crippen LogP contribution in [0, 0.1) is 0 Å². The first-order valence-corrected chi connectivity index (χ1v) is 29.9. The number of benzene rings is 2. The molecule has 2 spiro atoms. The van der Waals surface area contributed by atoms with Crippen LogP contribution in [0.1, 0.15) is 110 Å².